The first-order valence-electron chi connectivity index (χ1n) is 8.66. The van der Waals surface area contributed by atoms with E-state index in [2.05, 4.69) is 22.1 Å². The highest BCUT2D eigenvalue weighted by Gasteiger charge is 2.28. The summed E-state index contributed by atoms with van der Waals surface area (Å²) >= 11 is 1.29. The van der Waals surface area contributed by atoms with Crippen molar-refractivity contribution in [3.05, 3.63) is 54.4 Å². The van der Waals surface area contributed by atoms with Crippen LogP contribution in [0.25, 0.3) is 0 Å². The molecule has 1 aromatic heterocycles. The smallest absolute Gasteiger partial charge is 0.230 e. The Morgan fingerprint density at radius 2 is 2.11 bits per heavy atom. The highest BCUT2D eigenvalue weighted by atomic mass is 32.2. The second kappa shape index (κ2) is 8.71. The number of hydrogen-bond donors (Lipinski definition) is 1. The number of sulfone groups is 1. The molecule has 1 atom stereocenters. The van der Waals surface area contributed by atoms with Crippen LogP contribution in [-0.2, 0) is 27.6 Å². The number of aromatic nitrogens is 3. The van der Waals surface area contributed by atoms with Crippen molar-refractivity contribution >= 4 is 27.5 Å². The molecule has 3 rings (SSSR count). The molecule has 2 heterocycles. The standard InChI is InChI=1S/C18H22N4O3S2/c1-2-9-22-16(11-14-6-4-3-5-7-14)20-21-18(22)26-12-17(23)19-15-8-10-27(24,25)13-15/h2-7,15H,1,8-13H2,(H,19,23). The fraction of sp³-hybridized carbons (Fsp3) is 0.389. The molecular formula is C18H22N4O3S2. The Hall–Kier alpha value is -2.13. The number of carbonyl (C=O) groups excluding carboxylic acids is 1. The number of allylic oxidation sites excluding steroid dienone is 1. The third kappa shape index (κ3) is 5.43. The van der Waals surface area contributed by atoms with Gasteiger partial charge in [0, 0.05) is 19.0 Å². The molecule has 1 unspecified atom stereocenters. The van der Waals surface area contributed by atoms with Crippen molar-refractivity contribution in [1.82, 2.24) is 20.1 Å². The summed E-state index contributed by atoms with van der Waals surface area (Å²) in [4.78, 5) is 12.1. The van der Waals surface area contributed by atoms with Crippen molar-refractivity contribution in [2.75, 3.05) is 17.3 Å². The van der Waals surface area contributed by atoms with Crippen molar-refractivity contribution in [3.63, 3.8) is 0 Å². The molecule has 1 saturated heterocycles. The number of thioether (sulfide) groups is 1. The number of rotatable bonds is 8. The molecule has 144 valence electrons. The second-order valence-corrected chi connectivity index (χ2v) is 9.59. The molecule has 1 aliphatic rings. The van der Waals surface area contributed by atoms with Gasteiger partial charge in [-0.3, -0.25) is 4.79 Å². The van der Waals surface area contributed by atoms with Gasteiger partial charge in [-0.15, -0.1) is 16.8 Å². The zero-order valence-electron chi connectivity index (χ0n) is 14.9. The predicted molar refractivity (Wildman–Crippen MR) is 105 cm³/mol. The summed E-state index contributed by atoms with van der Waals surface area (Å²) in [5, 5.41) is 11.9. The van der Waals surface area contributed by atoms with Gasteiger partial charge in [0.15, 0.2) is 15.0 Å². The number of nitrogens with zero attached hydrogens (tertiary/aromatic N) is 3. The van der Waals surface area contributed by atoms with E-state index in [0.29, 0.717) is 24.5 Å². The highest BCUT2D eigenvalue weighted by Crippen LogP contribution is 2.19. The number of nitrogens with one attached hydrogen (secondary N) is 1. The summed E-state index contributed by atoms with van der Waals surface area (Å²) < 4.78 is 24.9. The fourth-order valence-electron chi connectivity index (χ4n) is 2.96. The van der Waals surface area contributed by atoms with Gasteiger partial charge in [-0.2, -0.15) is 0 Å². The van der Waals surface area contributed by atoms with Crippen LogP contribution in [0.4, 0.5) is 0 Å². The molecule has 9 heteroatoms. The minimum Gasteiger partial charge on any atom is -0.352 e. The van der Waals surface area contributed by atoms with Gasteiger partial charge in [-0.25, -0.2) is 8.42 Å². The topological polar surface area (TPSA) is 93.9 Å². The first kappa shape index (κ1) is 19.6. The normalized spacial score (nSPS) is 18.3. The van der Waals surface area contributed by atoms with Crippen LogP contribution >= 0.6 is 11.8 Å². The molecule has 1 N–H and O–H groups in total. The van der Waals surface area contributed by atoms with E-state index in [4.69, 9.17) is 0 Å². The first-order valence-corrected chi connectivity index (χ1v) is 11.5. The van der Waals surface area contributed by atoms with Gasteiger partial charge in [0.25, 0.3) is 0 Å². The lowest BCUT2D eigenvalue weighted by Crippen LogP contribution is -2.36. The zero-order chi connectivity index (χ0) is 19.3. The Morgan fingerprint density at radius 1 is 1.33 bits per heavy atom. The zero-order valence-corrected chi connectivity index (χ0v) is 16.5. The summed E-state index contributed by atoms with van der Waals surface area (Å²) in [5.74, 6) is 0.946. The first-order chi connectivity index (χ1) is 13.0. The van der Waals surface area contributed by atoms with Gasteiger partial charge in [0.2, 0.25) is 5.91 Å². The molecule has 1 fully saturated rings. The third-order valence-corrected chi connectivity index (χ3v) is 6.97. The van der Waals surface area contributed by atoms with E-state index in [0.717, 1.165) is 11.4 Å². The molecule has 1 amide bonds. The van der Waals surface area contributed by atoms with Crippen molar-refractivity contribution in [1.29, 1.82) is 0 Å². The van der Waals surface area contributed by atoms with Gasteiger partial charge < -0.3 is 9.88 Å². The monoisotopic (exact) mass is 406 g/mol. The Bertz CT molecular complexity index is 910. The average Bonchev–Trinajstić information content (AvgIpc) is 3.17. The van der Waals surface area contributed by atoms with Gasteiger partial charge in [-0.1, -0.05) is 48.2 Å². The summed E-state index contributed by atoms with van der Waals surface area (Å²) in [5.41, 5.74) is 1.13. The van der Waals surface area contributed by atoms with Crippen LogP contribution in [0.1, 0.15) is 17.8 Å². The van der Waals surface area contributed by atoms with Crippen molar-refractivity contribution in [3.8, 4) is 0 Å². The van der Waals surface area contributed by atoms with E-state index in [1.165, 1.54) is 11.8 Å². The molecule has 0 bridgehead atoms. The molecule has 1 aliphatic heterocycles. The van der Waals surface area contributed by atoms with Crippen molar-refractivity contribution < 1.29 is 13.2 Å². The van der Waals surface area contributed by atoms with Crippen LogP contribution in [0.5, 0.6) is 0 Å². The number of carbonyl (C=O) groups is 1. The fourth-order valence-corrected chi connectivity index (χ4v) is 5.41. The molecule has 0 saturated carbocycles. The lowest BCUT2D eigenvalue weighted by atomic mass is 10.1. The molecule has 0 aliphatic carbocycles. The molecule has 0 radical (unpaired) electrons. The minimum absolute atomic E-state index is 0.0251. The second-order valence-electron chi connectivity index (χ2n) is 6.42. The van der Waals surface area contributed by atoms with Crippen LogP contribution in [0, 0.1) is 0 Å². The molecule has 7 nitrogen and oxygen atoms in total. The summed E-state index contributed by atoms with van der Waals surface area (Å²) in [6, 6.07) is 9.70. The van der Waals surface area contributed by atoms with E-state index < -0.39 is 9.84 Å². The van der Waals surface area contributed by atoms with Crippen LogP contribution < -0.4 is 5.32 Å². The van der Waals surface area contributed by atoms with E-state index in [-0.39, 0.29) is 29.2 Å². The largest absolute Gasteiger partial charge is 0.352 e. The Balaban J connectivity index is 1.61. The van der Waals surface area contributed by atoms with E-state index in [1.54, 1.807) is 6.08 Å². The molecular weight excluding hydrogens is 384 g/mol. The number of amides is 1. The van der Waals surface area contributed by atoms with Gasteiger partial charge in [-0.05, 0) is 12.0 Å². The maximum atomic E-state index is 12.1. The minimum atomic E-state index is -3.01. The molecule has 0 spiro atoms. The Morgan fingerprint density at radius 3 is 2.78 bits per heavy atom. The molecule has 27 heavy (non-hydrogen) atoms. The number of hydrogen-bond acceptors (Lipinski definition) is 6. The van der Waals surface area contributed by atoms with Gasteiger partial charge in [0.1, 0.15) is 5.82 Å². The number of benzene rings is 1. The lowest BCUT2D eigenvalue weighted by molar-refractivity contribution is -0.119. The summed E-state index contributed by atoms with van der Waals surface area (Å²) in [6.07, 6.45) is 2.90. The van der Waals surface area contributed by atoms with Crippen LogP contribution in [0.15, 0.2) is 48.1 Å². The van der Waals surface area contributed by atoms with Gasteiger partial charge >= 0.3 is 0 Å². The van der Waals surface area contributed by atoms with Crippen LogP contribution in [-0.4, -0.2) is 52.4 Å². The van der Waals surface area contributed by atoms with Crippen LogP contribution in [0.3, 0.4) is 0 Å². The molecule has 2 aromatic rings. The third-order valence-electron chi connectivity index (χ3n) is 4.24. The Labute approximate surface area is 163 Å². The van der Waals surface area contributed by atoms with E-state index in [9.17, 15) is 13.2 Å². The maximum absolute atomic E-state index is 12.1. The lowest BCUT2D eigenvalue weighted by Gasteiger charge is -2.11. The summed E-state index contributed by atoms with van der Waals surface area (Å²) in [7, 11) is -3.01. The SMILES string of the molecule is C=CCn1c(Cc2ccccc2)nnc1SCC(=O)NC1CCS(=O)(=O)C1. The quantitative estimate of drug-likeness (QED) is 0.527. The average molecular weight is 407 g/mol. The van der Waals surface area contributed by atoms with E-state index >= 15 is 0 Å². The Kier molecular flexibility index (Phi) is 6.33. The van der Waals surface area contributed by atoms with Gasteiger partial charge in [0.05, 0.1) is 17.3 Å². The van der Waals surface area contributed by atoms with Crippen molar-refractivity contribution in [2.24, 2.45) is 0 Å². The predicted octanol–water partition coefficient (Wildman–Crippen LogP) is 1.45. The molecule has 1 aromatic carbocycles. The maximum Gasteiger partial charge on any atom is 0.230 e. The van der Waals surface area contributed by atoms with Crippen LogP contribution in [0.2, 0.25) is 0 Å². The highest BCUT2D eigenvalue weighted by molar-refractivity contribution is 7.99. The summed E-state index contributed by atoms with van der Waals surface area (Å²) in [6.45, 7) is 4.34. The van der Waals surface area contributed by atoms with E-state index in [1.807, 2.05) is 34.9 Å². The van der Waals surface area contributed by atoms with Crippen molar-refractivity contribution in [2.45, 2.75) is 30.6 Å².